The second kappa shape index (κ2) is 7.66. The molecule has 21 heavy (non-hydrogen) atoms. The first-order valence-electron chi connectivity index (χ1n) is 8.07. The van der Waals surface area contributed by atoms with Crippen LogP contribution in [0.4, 0.5) is 5.69 Å². The number of hydrogen-bond donors (Lipinski definition) is 1. The molecule has 1 fully saturated rings. The van der Waals surface area contributed by atoms with E-state index in [1.165, 1.54) is 5.56 Å². The van der Waals surface area contributed by atoms with E-state index in [1.807, 2.05) is 12.1 Å². The zero-order valence-corrected chi connectivity index (χ0v) is 13.6. The van der Waals surface area contributed by atoms with Crippen LogP contribution in [-0.4, -0.2) is 55.2 Å². The SMILES string of the molecule is CCc1ccc(OCCN2CCN(C(C)C)CC2)cc1N. The zero-order valence-electron chi connectivity index (χ0n) is 13.6. The molecular weight excluding hydrogens is 262 g/mol. The van der Waals surface area contributed by atoms with Gasteiger partial charge in [-0.25, -0.2) is 0 Å². The van der Waals surface area contributed by atoms with E-state index < -0.39 is 0 Å². The lowest BCUT2D eigenvalue weighted by Gasteiger charge is -2.36. The van der Waals surface area contributed by atoms with Crippen molar-refractivity contribution >= 4 is 5.69 Å². The molecule has 0 bridgehead atoms. The molecule has 2 rings (SSSR count). The van der Waals surface area contributed by atoms with Crippen molar-refractivity contribution < 1.29 is 4.74 Å². The average molecular weight is 291 g/mol. The van der Waals surface area contributed by atoms with Crippen LogP contribution in [-0.2, 0) is 6.42 Å². The Kier molecular flexibility index (Phi) is 5.88. The highest BCUT2D eigenvalue weighted by Gasteiger charge is 2.18. The molecule has 0 amide bonds. The van der Waals surface area contributed by atoms with Crippen LogP contribution in [0, 0.1) is 0 Å². The van der Waals surface area contributed by atoms with Crippen molar-refractivity contribution in [3.8, 4) is 5.75 Å². The fraction of sp³-hybridized carbons (Fsp3) is 0.647. The molecule has 0 saturated carbocycles. The fourth-order valence-electron chi connectivity index (χ4n) is 2.78. The third kappa shape index (κ3) is 4.61. The van der Waals surface area contributed by atoms with Crippen molar-refractivity contribution in [3.63, 3.8) is 0 Å². The Labute approximate surface area is 128 Å². The predicted molar refractivity (Wildman–Crippen MR) is 88.9 cm³/mol. The number of nitrogens with two attached hydrogens (primary N) is 1. The summed E-state index contributed by atoms with van der Waals surface area (Å²) in [6, 6.07) is 6.68. The maximum atomic E-state index is 5.99. The largest absolute Gasteiger partial charge is 0.492 e. The van der Waals surface area contributed by atoms with Gasteiger partial charge in [-0.05, 0) is 31.9 Å². The van der Waals surface area contributed by atoms with Crippen molar-refractivity contribution in [1.29, 1.82) is 0 Å². The number of nitrogen functional groups attached to an aromatic ring is 1. The molecule has 118 valence electrons. The molecule has 1 aliphatic rings. The van der Waals surface area contributed by atoms with E-state index in [1.54, 1.807) is 0 Å². The van der Waals surface area contributed by atoms with Gasteiger partial charge < -0.3 is 10.5 Å². The minimum atomic E-state index is 0.656. The molecule has 4 heteroatoms. The van der Waals surface area contributed by atoms with E-state index in [2.05, 4.69) is 36.6 Å². The lowest BCUT2D eigenvalue weighted by Crippen LogP contribution is -2.49. The Morgan fingerprint density at radius 1 is 1.19 bits per heavy atom. The van der Waals surface area contributed by atoms with Gasteiger partial charge in [0.05, 0.1) is 0 Å². The second-order valence-corrected chi connectivity index (χ2v) is 6.03. The first-order valence-corrected chi connectivity index (χ1v) is 8.07. The Morgan fingerprint density at radius 2 is 1.90 bits per heavy atom. The van der Waals surface area contributed by atoms with Gasteiger partial charge in [0, 0.05) is 50.5 Å². The van der Waals surface area contributed by atoms with Gasteiger partial charge in [-0.3, -0.25) is 9.80 Å². The normalized spacial score (nSPS) is 17.3. The van der Waals surface area contributed by atoms with Crippen LogP contribution in [0.5, 0.6) is 5.75 Å². The minimum absolute atomic E-state index is 0.656. The number of rotatable bonds is 6. The van der Waals surface area contributed by atoms with Gasteiger partial charge in [0.1, 0.15) is 12.4 Å². The summed E-state index contributed by atoms with van der Waals surface area (Å²) >= 11 is 0. The summed E-state index contributed by atoms with van der Waals surface area (Å²) < 4.78 is 5.83. The maximum absolute atomic E-state index is 5.99. The molecule has 0 radical (unpaired) electrons. The Hall–Kier alpha value is -1.26. The van der Waals surface area contributed by atoms with E-state index in [4.69, 9.17) is 10.5 Å². The number of nitrogens with zero attached hydrogens (tertiary/aromatic N) is 2. The number of aryl methyl sites for hydroxylation is 1. The quantitative estimate of drug-likeness (QED) is 0.816. The van der Waals surface area contributed by atoms with E-state index >= 15 is 0 Å². The van der Waals surface area contributed by atoms with Gasteiger partial charge in [0.25, 0.3) is 0 Å². The third-order valence-electron chi connectivity index (χ3n) is 4.31. The molecule has 0 aliphatic carbocycles. The van der Waals surface area contributed by atoms with Crippen LogP contribution in [0.15, 0.2) is 18.2 Å². The van der Waals surface area contributed by atoms with Gasteiger partial charge in [-0.2, -0.15) is 0 Å². The first kappa shape index (κ1) is 16.1. The molecule has 0 aromatic heterocycles. The van der Waals surface area contributed by atoms with Crippen molar-refractivity contribution in [1.82, 2.24) is 9.80 Å². The minimum Gasteiger partial charge on any atom is -0.492 e. The summed E-state index contributed by atoms with van der Waals surface area (Å²) in [7, 11) is 0. The van der Waals surface area contributed by atoms with Crippen molar-refractivity contribution in [2.24, 2.45) is 0 Å². The Morgan fingerprint density at radius 3 is 2.48 bits per heavy atom. The molecule has 2 N–H and O–H groups in total. The number of anilines is 1. The van der Waals surface area contributed by atoms with Crippen LogP contribution >= 0.6 is 0 Å². The fourth-order valence-corrected chi connectivity index (χ4v) is 2.78. The summed E-state index contributed by atoms with van der Waals surface area (Å²) in [6.07, 6.45) is 0.965. The Bertz CT molecular complexity index is 440. The highest BCUT2D eigenvalue weighted by atomic mass is 16.5. The summed E-state index contributed by atoms with van der Waals surface area (Å²) in [5.74, 6) is 0.880. The highest BCUT2D eigenvalue weighted by molar-refractivity contribution is 5.51. The highest BCUT2D eigenvalue weighted by Crippen LogP contribution is 2.20. The number of hydrogen-bond acceptors (Lipinski definition) is 4. The topological polar surface area (TPSA) is 41.7 Å². The monoisotopic (exact) mass is 291 g/mol. The molecule has 1 aromatic rings. The number of piperazine rings is 1. The molecule has 0 atom stereocenters. The van der Waals surface area contributed by atoms with Gasteiger partial charge in [0.15, 0.2) is 0 Å². The van der Waals surface area contributed by atoms with Crippen molar-refractivity contribution in [3.05, 3.63) is 23.8 Å². The van der Waals surface area contributed by atoms with Crippen LogP contribution in [0.25, 0.3) is 0 Å². The van der Waals surface area contributed by atoms with Gasteiger partial charge in [-0.1, -0.05) is 13.0 Å². The number of ether oxygens (including phenoxy) is 1. The molecule has 1 heterocycles. The molecule has 1 aromatic carbocycles. The lowest BCUT2D eigenvalue weighted by molar-refractivity contribution is 0.0971. The lowest BCUT2D eigenvalue weighted by atomic mass is 10.1. The molecular formula is C17H29N3O. The molecule has 0 unspecified atom stereocenters. The van der Waals surface area contributed by atoms with E-state index in [0.29, 0.717) is 6.04 Å². The summed E-state index contributed by atoms with van der Waals surface area (Å²) in [5, 5.41) is 0. The van der Waals surface area contributed by atoms with Crippen molar-refractivity contribution in [2.45, 2.75) is 33.2 Å². The van der Waals surface area contributed by atoms with Crippen LogP contribution in [0.1, 0.15) is 26.3 Å². The predicted octanol–water partition coefficient (Wildman–Crippen LogP) is 2.24. The summed E-state index contributed by atoms with van der Waals surface area (Å²) in [6.45, 7) is 13.0. The van der Waals surface area contributed by atoms with Crippen LogP contribution in [0.2, 0.25) is 0 Å². The standard InChI is InChI=1S/C17H29N3O/c1-4-15-5-6-16(13-17(15)18)21-12-11-19-7-9-20(10-8-19)14(2)3/h5-6,13-14H,4,7-12,18H2,1-3H3. The molecule has 4 nitrogen and oxygen atoms in total. The third-order valence-corrected chi connectivity index (χ3v) is 4.31. The van der Waals surface area contributed by atoms with Gasteiger partial charge in [0.2, 0.25) is 0 Å². The first-order chi connectivity index (χ1) is 10.1. The van der Waals surface area contributed by atoms with Crippen molar-refractivity contribution in [2.75, 3.05) is 45.1 Å². The van der Waals surface area contributed by atoms with Gasteiger partial charge >= 0.3 is 0 Å². The van der Waals surface area contributed by atoms with E-state index in [-0.39, 0.29) is 0 Å². The zero-order chi connectivity index (χ0) is 15.2. The summed E-state index contributed by atoms with van der Waals surface area (Å²) in [5.41, 5.74) is 8.02. The van der Waals surface area contributed by atoms with Gasteiger partial charge in [-0.15, -0.1) is 0 Å². The number of benzene rings is 1. The van der Waals surface area contributed by atoms with E-state index in [0.717, 1.165) is 57.2 Å². The smallest absolute Gasteiger partial charge is 0.121 e. The second-order valence-electron chi connectivity index (χ2n) is 6.03. The molecule has 0 spiro atoms. The van der Waals surface area contributed by atoms with E-state index in [9.17, 15) is 0 Å². The Balaban J connectivity index is 1.71. The molecule has 1 saturated heterocycles. The van der Waals surface area contributed by atoms with Crippen LogP contribution < -0.4 is 10.5 Å². The maximum Gasteiger partial charge on any atom is 0.121 e. The average Bonchev–Trinajstić information content (AvgIpc) is 2.48. The summed E-state index contributed by atoms with van der Waals surface area (Å²) in [4.78, 5) is 5.00. The van der Waals surface area contributed by atoms with Crippen LogP contribution in [0.3, 0.4) is 0 Å². The molecule has 1 aliphatic heterocycles.